The van der Waals surface area contributed by atoms with E-state index in [4.69, 9.17) is 9.47 Å². The van der Waals surface area contributed by atoms with E-state index in [-0.39, 0.29) is 40.4 Å². The second-order valence-corrected chi connectivity index (χ2v) is 17.4. The molecular weight excluding hydrogens is 576 g/mol. The molecule has 0 aromatic carbocycles. The minimum absolute atomic E-state index is 0.0248. The first kappa shape index (κ1) is 29.6. The summed E-state index contributed by atoms with van der Waals surface area (Å²) in [4.78, 5) is 24.8. The van der Waals surface area contributed by atoms with Crippen LogP contribution in [0.1, 0.15) is 117 Å². The molecule has 4 saturated carbocycles. The standard InChI is InChI=1S/C36H56O9/c1-31(2)14-16-36(30(42)43)17-15-34(6)19(20(36)18-31)8-9-22-33(5)12-11-23(32(3,4)21(33)10-13-35(22,34)7)44-29-26(39)24(37)25(38)27(45-29)28(40)41/h8,20-27,29,37-39H,9-18H2,1-7H3,(H,40,41)(H,42,43)/t20-,21-,22+,23?,24?,25-,26?,27-,29+,33-,34+,35+,36-/m0/s1/i11D2,23D. The summed E-state index contributed by atoms with van der Waals surface area (Å²) >= 11 is 0. The molecule has 45 heavy (non-hydrogen) atoms. The van der Waals surface area contributed by atoms with Gasteiger partial charge in [0.2, 0.25) is 0 Å². The molecule has 1 saturated heterocycles. The Bertz CT molecular complexity index is 1400. The molecule has 6 aliphatic rings. The van der Waals surface area contributed by atoms with Crippen molar-refractivity contribution >= 4 is 11.9 Å². The van der Waals surface area contributed by atoms with Gasteiger partial charge in [-0.2, -0.15) is 0 Å². The lowest BCUT2D eigenvalue weighted by molar-refractivity contribution is -0.324. The molecular formula is C36H56O9. The van der Waals surface area contributed by atoms with Crippen LogP contribution < -0.4 is 0 Å². The van der Waals surface area contributed by atoms with Crippen LogP contribution in [-0.2, 0) is 19.1 Å². The lowest BCUT2D eigenvalue weighted by Gasteiger charge is -2.71. The number of allylic oxidation sites excluding steroid dienone is 2. The normalized spacial score (nSPS) is 55.6. The Hall–Kier alpha value is -1.52. The van der Waals surface area contributed by atoms with E-state index >= 15 is 0 Å². The van der Waals surface area contributed by atoms with Crippen LogP contribution in [0, 0.1) is 50.2 Å². The first-order valence-corrected chi connectivity index (χ1v) is 16.9. The Kier molecular flexibility index (Phi) is 6.90. The average Bonchev–Trinajstić information content (AvgIpc) is 2.96. The summed E-state index contributed by atoms with van der Waals surface area (Å²) < 4.78 is 40.0. The maximum absolute atomic E-state index is 13.0. The number of aliphatic hydroxyl groups excluding tert-OH is 3. The molecule has 5 fully saturated rings. The summed E-state index contributed by atoms with van der Waals surface area (Å²) in [6.07, 6.45) is -5.92. The van der Waals surface area contributed by atoms with E-state index < -0.39 is 71.3 Å². The van der Waals surface area contributed by atoms with Crippen LogP contribution in [0.2, 0.25) is 0 Å². The fraction of sp³-hybridized carbons (Fsp3) is 0.889. The molecule has 0 aromatic rings. The Balaban J connectivity index is 1.37. The third kappa shape index (κ3) is 4.57. The SMILES string of the molecule is [2H]C1([2H])C[C@]2(C)[C@H]3CC=C4[C@@H]5CC(C)(C)CC[C@]5(C(=O)O)CC[C@@]4(C)[C@]3(C)CC[C@H]2C(C)(C)C1([2H])O[C@@H]1O[C@H](C(=O)O)[C@@H](O)C(O)C1O. The molecule has 6 rings (SSSR count). The Morgan fingerprint density at radius 3 is 2.22 bits per heavy atom. The first-order valence-electron chi connectivity index (χ1n) is 18.4. The van der Waals surface area contributed by atoms with Crippen molar-refractivity contribution in [2.75, 3.05) is 0 Å². The predicted octanol–water partition coefficient (Wildman–Crippen LogP) is 5.15. The zero-order chi connectivity index (χ0) is 35.8. The predicted molar refractivity (Wildman–Crippen MR) is 166 cm³/mol. The zero-order valence-electron chi connectivity index (χ0n) is 30.9. The summed E-state index contributed by atoms with van der Waals surface area (Å²) in [6.45, 7) is 14.9. The smallest absolute Gasteiger partial charge is 0.335 e. The maximum atomic E-state index is 13.0. The van der Waals surface area contributed by atoms with Gasteiger partial charge < -0.3 is 35.0 Å². The Labute approximate surface area is 272 Å². The van der Waals surface area contributed by atoms with Crippen LogP contribution >= 0.6 is 0 Å². The van der Waals surface area contributed by atoms with Gasteiger partial charge in [0.25, 0.3) is 0 Å². The molecule has 1 aliphatic heterocycles. The zero-order valence-corrected chi connectivity index (χ0v) is 27.9. The highest BCUT2D eigenvalue weighted by Gasteiger charge is 2.69. The highest BCUT2D eigenvalue weighted by molar-refractivity contribution is 5.76. The summed E-state index contributed by atoms with van der Waals surface area (Å²) in [5.74, 6) is -2.48. The van der Waals surface area contributed by atoms with Crippen molar-refractivity contribution in [3.05, 3.63) is 11.6 Å². The van der Waals surface area contributed by atoms with E-state index in [9.17, 15) is 39.2 Å². The number of fused-ring (bicyclic) bond motifs is 7. The van der Waals surface area contributed by atoms with E-state index in [0.29, 0.717) is 25.7 Å². The van der Waals surface area contributed by atoms with Crippen molar-refractivity contribution in [3.8, 4) is 0 Å². The van der Waals surface area contributed by atoms with E-state index in [2.05, 4.69) is 40.7 Å². The van der Waals surface area contributed by atoms with Gasteiger partial charge in [-0.1, -0.05) is 60.1 Å². The number of hydrogen-bond donors (Lipinski definition) is 5. The fourth-order valence-corrected chi connectivity index (χ4v) is 11.5. The summed E-state index contributed by atoms with van der Waals surface area (Å²) in [5, 5.41) is 51.6. The van der Waals surface area contributed by atoms with Crippen molar-refractivity contribution < 1.29 is 48.7 Å². The molecule has 0 spiro atoms. The van der Waals surface area contributed by atoms with Gasteiger partial charge in [-0.25, -0.2) is 4.79 Å². The third-order valence-corrected chi connectivity index (χ3v) is 14.5. The van der Waals surface area contributed by atoms with Gasteiger partial charge in [-0.05, 0) is 109 Å². The van der Waals surface area contributed by atoms with Gasteiger partial charge in [-0.15, -0.1) is 0 Å². The van der Waals surface area contributed by atoms with Gasteiger partial charge in [0.15, 0.2) is 12.4 Å². The van der Waals surface area contributed by atoms with Crippen LogP contribution in [-0.4, -0.2) is 74.3 Å². The molecule has 5 aliphatic carbocycles. The van der Waals surface area contributed by atoms with Crippen LogP contribution in [0.15, 0.2) is 11.6 Å². The number of hydrogen-bond acceptors (Lipinski definition) is 7. The highest BCUT2D eigenvalue weighted by atomic mass is 16.7. The lowest BCUT2D eigenvalue weighted by atomic mass is 9.33. The van der Waals surface area contributed by atoms with Gasteiger partial charge >= 0.3 is 11.9 Å². The van der Waals surface area contributed by atoms with Crippen molar-refractivity contribution in [3.63, 3.8) is 0 Å². The average molecular weight is 636 g/mol. The minimum atomic E-state index is -2.31. The van der Waals surface area contributed by atoms with Crippen molar-refractivity contribution in [1.82, 2.24) is 0 Å². The van der Waals surface area contributed by atoms with Crippen LogP contribution in [0.5, 0.6) is 0 Å². The fourth-order valence-electron chi connectivity index (χ4n) is 11.5. The largest absolute Gasteiger partial charge is 0.481 e. The van der Waals surface area contributed by atoms with Gasteiger partial charge in [0.1, 0.15) is 18.3 Å². The Morgan fingerprint density at radius 2 is 1.58 bits per heavy atom. The molecule has 0 aromatic heterocycles. The number of carboxylic acid groups (broad SMARTS) is 2. The number of aliphatic carboxylic acids is 2. The van der Waals surface area contributed by atoms with Crippen LogP contribution in [0.4, 0.5) is 0 Å². The van der Waals surface area contributed by atoms with Crippen molar-refractivity contribution in [2.45, 2.75) is 149 Å². The van der Waals surface area contributed by atoms with Gasteiger partial charge in [0, 0.05) is 2.74 Å². The number of carbonyl (C=O) groups is 2. The lowest BCUT2D eigenvalue weighted by Crippen LogP contribution is -2.66. The second kappa shape index (κ2) is 10.5. The van der Waals surface area contributed by atoms with Crippen LogP contribution in [0.25, 0.3) is 0 Å². The van der Waals surface area contributed by atoms with E-state index in [0.717, 1.165) is 25.7 Å². The molecule has 0 amide bonds. The topological polar surface area (TPSA) is 154 Å². The third-order valence-electron chi connectivity index (χ3n) is 14.5. The highest BCUT2D eigenvalue weighted by Crippen LogP contribution is 2.76. The van der Waals surface area contributed by atoms with Gasteiger partial charge in [-0.3, -0.25) is 4.79 Å². The monoisotopic (exact) mass is 635 g/mol. The first-order chi connectivity index (χ1) is 21.9. The van der Waals surface area contributed by atoms with E-state index in [1.165, 1.54) is 5.57 Å². The van der Waals surface area contributed by atoms with Gasteiger partial charge in [0.05, 0.1) is 12.9 Å². The number of aliphatic hydroxyl groups is 3. The summed E-state index contributed by atoms with van der Waals surface area (Å²) in [7, 11) is 0. The maximum Gasteiger partial charge on any atom is 0.335 e. The number of rotatable bonds is 4. The molecule has 9 nitrogen and oxygen atoms in total. The Morgan fingerprint density at radius 1 is 0.911 bits per heavy atom. The molecule has 9 heteroatoms. The van der Waals surface area contributed by atoms with Crippen molar-refractivity contribution in [2.24, 2.45) is 50.2 Å². The number of ether oxygens (including phenoxy) is 2. The van der Waals surface area contributed by atoms with E-state index in [1.807, 2.05) is 0 Å². The molecule has 0 bridgehead atoms. The van der Waals surface area contributed by atoms with Crippen LogP contribution in [0.3, 0.4) is 0 Å². The minimum Gasteiger partial charge on any atom is -0.481 e. The number of carboxylic acids is 2. The molecule has 0 radical (unpaired) electrons. The second-order valence-electron chi connectivity index (χ2n) is 17.4. The van der Waals surface area contributed by atoms with Crippen molar-refractivity contribution in [1.29, 1.82) is 0 Å². The summed E-state index contributed by atoms with van der Waals surface area (Å²) in [6, 6.07) is 0. The van der Waals surface area contributed by atoms with E-state index in [1.54, 1.807) is 13.8 Å². The molecule has 5 N–H and O–H groups in total. The molecule has 254 valence electrons. The quantitative estimate of drug-likeness (QED) is 0.208. The molecule has 13 atom stereocenters. The molecule has 1 heterocycles. The summed E-state index contributed by atoms with van der Waals surface area (Å²) in [5.41, 5.74) is -1.72. The molecule has 3 unspecified atom stereocenters.